The third kappa shape index (κ3) is 5.55. The van der Waals surface area contributed by atoms with Crippen molar-refractivity contribution in [1.29, 1.82) is 0 Å². The SMILES string of the molecule is CCc1cc(OC)c(C(=O)N[C@@H]2[C@H]3CC[C@H](C3)[C@@H]2C(=O)NCC2(C)CCC2)cc1OC1CCC(C)(C(=O)O)CC1. The zero-order chi connectivity index (χ0) is 28.7. The van der Waals surface area contributed by atoms with E-state index in [1.807, 2.05) is 13.0 Å². The molecule has 3 N–H and O–H groups in total. The van der Waals surface area contributed by atoms with Gasteiger partial charge >= 0.3 is 5.97 Å². The van der Waals surface area contributed by atoms with Crippen molar-refractivity contribution in [2.45, 2.75) is 104 Å². The zero-order valence-corrected chi connectivity index (χ0v) is 24.5. The molecule has 5 rings (SSSR count). The molecule has 8 heteroatoms. The average molecular weight is 555 g/mol. The van der Waals surface area contributed by atoms with E-state index in [1.54, 1.807) is 20.1 Å². The van der Waals surface area contributed by atoms with E-state index in [1.165, 1.54) is 6.42 Å². The number of ether oxygens (including phenoxy) is 2. The Kier molecular flexibility index (Phi) is 8.08. The Hall–Kier alpha value is -2.77. The summed E-state index contributed by atoms with van der Waals surface area (Å²) in [6, 6.07) is 3.46. The van der Waals surface area contributed by atoms with Crippen LogP contribution < -0.4 is 20.1 Å². The van der Waals surface area contributed by atoms with Gasteiger partial charge in [-0.05, 0) is 106 Å². The number of amides is 2. The number of hydrogen-bond acceptors (Lipinski definition) is 5. The second-order valence-electron chi connectivity index (χ2n) is 13.4. The second-order valence-corrected chi connectivity index (χ2v) is 13.4. The molecule has 4 aliphatic carbocycles. The number of benzene rings is 1. The molecule has 0 radical (unpaired) electrons. The van der Waals surface area contributed by atoms with E-state index in [9.17, 15) is 19.5 Å². The molecule has 0 aromatic heterocycles. The molecular formula is C32H46N2O6. The van der Waals surface area contributed by atoms with Crippen LogP contribution in [0.4, 0.5) is 0 Å². The Morgan fingerprint density at radius 1 is 1.00 bits per heavy atom. The maximum Gasteiger partial charge on any atom is 0.309 e. The highest BCUT2D eigenvalue weighted by molar-refractivity contribution is 5.98. The lowest BCUT2D eigenvalue weighted by Crippen LogP contribution is -2.51. The number of fused-ring (bicyclic) bond motifs is 2. The van der Waals surface area contributed by atoms with E-state index in [4.69, 9.17) is 9.47 Å². The molecule has 0 heterocycles. The zero-order valence-electron chi connectivity index (χ0n) is 24.5. The van der Waals surface area contributed by atoms with E-state index in [-0.39, 0.29) is 35.3 Å². The Bertz CT molecular complexity index is 1140. The minimum absolute atomic E-state index is 0.0774. The molecule has 2 amide bonds. The van der Waals surface area contributed by atoms with E-state index >= 15 is 0 Å². The summed E-state index contributed by atoms with van der Waals surface area (Å²) < 4.78 is 12.0. The number of aliphatic carboxylic acids is 1. The van der Waals surface area contributed by atoms with Gasteiger partial charge in [0.2, 0.25) is 5.91 Å². The first-order valence-electron chi connectivity index (χ1n) is 15.3. The fourth-order valence-electron chi connectivity index (χ4n) is 7.55. The van der Waals surface area contributed by atoms with Gasteiger partial charge in [-0.15, -0.1) is 0 Å². The van der Waals surface area contributed by atoms with Crippen LogP contribution in [0.5, 0.6) is 11.5 Å². The van der Waals surface area contributed by atoms with E-state index in [0.717, 1.165) is 37.7 Å². The van der Waals surface area contributed by atoms with E-state index in [0.29, 0.717) is 67.5 Å². The third-order valence-corrected chi connectivity index (χ3v) is 10.6. The molecule has 1 aromatic carbocycles. The molecule has 8 nitrogen and oxygen atoms in total. The first kappa shape index (κ1) is 28.7. The number of aryl methyl sites for hydroxylation is 1. The lowest BCUT2D eigenvalue weighted by Gasteiger charge is -2.39. The van der Waals surface area contributed by atoms with Crippen LogP contribution in [0.3, 0.4) is 0 Å². The summed E-state index contributed by atoms with van der Waals surface area (Å²) >= 11 is 0. The Morgan fingerprint density at radius 3 is 2.30 bits per heavy atom. The van der Waals surface area contributed by atoms with Crippen LogP contribution in [0.1, 0.15) is 101 Å². The molecule has 0 spiro atoms. The highest BCUT2D eigenvalue weighted by atomic mass is 16.5. The van der Waals surface area contributed by atoms with Gasteiger partial charge in [-0.2, -0.15) is 0 Å². The third-order valence-electron chi connectivity index (χ3n) is 10.6. The molecule has 2 bridgehead atoms. The number of nitrogens with one attached hydrogen (secondary N) is 2. The fourth-order valence-corrected chi connectivity index (χ4v) is 7.55. The van der Waals surface area contributed by atoms with Gasteiger partial charge < -0.3 is 25.2 Å². The molecule has 4 aliphatic rings. The topological polar surface area (TPSA) is 114 Å². The van der Waals surface area contributed by atoms with Crippen molar-refractivity contribution >= 4 is 17.8 Å². The highest BCUT2D eigenvalue weighted by Crippen LogP contribution is 2.49. The number of carboxylic acid groups (broad SMARTS) is 1. The quantitative estimate of drug-likeness (QED) is 0.370. The van der Waals surface area contributed by atoms with Gasteiger partial charge in [0.05, 0.1) is 30.1 Å². The average Bonchev–Trinajstić information content (AvgIpc) is 3.53. The Balaban J connectivity index is 1.30. The first-order valence-corrected chi connectivity index (χ1v) is 15.3. The van der Waals surface area contributed by atoms with Gasteiger partial charge in [0.15, 0.2) is 0 Å². The maximum absolute atomic E-state index is 13.8. The van der Waals surface area contributed by atoms with Crippen LogP contribution in [0.25, 0.3) is 0 Å². The van der Waals surface area contributed by atoms with Crippen molar-refractivity contribution in [2.75, 3.05) is 13.7 Å². The van der Waals surface area contributed by atoms with Crippen LogP contribution >= 0.6 is 0 Å². The summed E-state index contributed by atoms with van der Waals surface area (Å²) in [5.41, 5.74) is 0.852. The van der Waals surface area contributed by atoms with Crippen LogP contribution in [0, 0.1) is 28.6 Å². The molecule has 4 fully saturated rings. The molecule has 0 unspecified atom stereocenters. The summed E-state index contributed by atoms with van der Waals surface area (Å²) in [6.07, 6.45) is 9.64. The van der Waals surface area contributed by atoms with Gasteiger partial charge in [-0.3, -0.25) is 14.4 Å². The molecule has 4 atom stereocenters. The fraction of sp³-hybridized carbons (Fsp3) is 0.719. The van der Waals surface area contributed by atoms with Crippen molar-refractivity contribution in [2.24, 2.45) is 28.6 Å². The predicted octanol–water partition coefficient (Wildman–Crippen LogP) is 5.12. The maximum atomic E-state index is 13.8. The standard InChI is InChI=1S/C32H46N2O6/c1-5-19-16-25(39-4)23(17-24(19)40-22-9-13-32(3,14-10-22)30(37)38)28(35)34-27-21-8-7-20(15-21)26(27)29(36)33-18-31(2)11-6-12-31/h16-17,20-22,26-27H,5-15,18H2,1-4H3,(H,33,36)(H,34,35)(H,37,38)/t20-,21+,22?,26+,27-,32?/m1/s1. The Labute approximate surface area is 238 Å². The molecule has 40 heavy (non-hydrogen) atoms. The van der Waals surface area contributed by atoms with Crippen molar-refractivity contribution in [1.82, 2.24) is 10.6 Å². The van der Waals surface area contributed by atoms with E-state index < -0.39 is 11.4 Å². The molecule has 4 saturated carbocycles. The van der Waals surface area contributed by atoms with Crippen LogP contribution in [0.2, 0.25) is 0 Å². The van der Waals surface area contributed by atoms with Crippen molar-refractivity contribution in [3.8, 4) is 11.5 Å². The van der Waals surface area contributed by atoms with Crippen molar-refractivity contribution in [3.05, 3.63) is 23.3 Å². The van der Waals surface area contributed by atoms with Gasteiger partial charge in [0.25, 0.3) is 5.91 Å². The van der Waals surface area contributed by atoms with Gasteiger partial charge in [0.1, 0.15) is 11.5 Å². The lowest BCUT2D eigenvalue weighted by molar-refractivity contribution is -0.150. The predicted molar refractivity (Wildman–Crippen MR) is 152 cm³/mol. The minimum atomic E-state index is -0.756. The number of methoxy groups -OCH3 is 1. The summed E-state index contributed by atoms with van der Waals surface area (Å²) in [5.74, 6) is 0.643. The number of rotatable bonds is 10. The number of carboxylic acids is 1. The lowest BCUT2D eigenvalue weighted by atomic mass is 9.70. The first-order chi connectivity index (χ1) is 19.1. The van der Waals surface area contributed by atoms with Crippen molar-refractivity contribution in [3.63, 3.8) is 0 Å². The monoisotopic (exact) mass is 554 g/mol. The minimum Gasteiger partial charge on any atom is -0.496 e. The molecule has 0 saturated heterocycles. The summed E-state index contributed by atoms with van der Waals surface area (Å²) in [4.78, 5) is 38.8. The molecule has 1 aromatic rings. The Morgan fingerprint density at radius 2 is 1.70 bits per heavy atom. The molecule has 220 valence electrons. The van der Waals surface area contributed by atoms with Crippen LogP contribution in [0.15, 0.2) is 12.1 Å². The van der Waals surface area contributed by atoms with Gasteiger partial charge in [0, 0.05) is 12.6 Å². The number of carbonyl (C=O) groups excluding carboxylic acids is 2. The summed E-state index contributed by atoms with van der Waals surface area (Å²) in [7, 11) is 1.56. The number of hydrogen-bond donors (Lipinski definition) is 3. The van der Waals surface area contributed by atoms with Gasteiger partial charge in [-0.1, -0.05) is 20.3 Å². The highest BCUT2D eigenvalue weighted by Gasteiger charge is 2.51. The second kappa shape index (κ2) is 11.2. The smallest absolute Gasteiger partial charge is 0.309 e. The van der Waals surface area contributed by atoms with Crippen LogP contribution in [-0.2, 0) is 16.0 Å². The molecular weight excluding hydrogens is 508 g/mol. The van der Waals surface area contributed by atoms with E-state index in [2.05, 4.69) is 17.6 Å². The van der Waals surface area contributed by atoms with Crippen LogP contribution in [-0.4, -0.2) is 48.7 Å². The number of carbonyl (C=O) groups is 3. The van der Waals surface area contributed by atoms with Crippen molar-refractivity contribution < 1.29 is 29.0 Å². The molecule has 0 aliphatic heterocycles. The van der Waals surface area contributed by atoms with Gasteiger partial charge in [-0.25, -0.2) is 0 Å². The normalized spacial score (nSPS) is 32.1. The largest absolute Gasteiger partial charge is 0.496 e. The summed E-state index contributed by atoms with van der Waals surface area (Å²) in [6.45, 7) is 6.78. The summed E-state index contributed by atoms with van der Waals surface area (Å²) in [5, 5.41) is 16.1.